The molecule has 0 fully saturated rings. The van der Waals surface area contributed by atoms with Gasteiger partial charge in [-0.05, 0) is 18.2 Å². The Morgan fingerprint density at radius 3 is 2.65 bits per heavy atom. The van der Waals surface area contributed by atoms with Gasteiger partial charge in [0, 0.05) is 25.8 Å². The molecule has 0 atom stereocenters. The van der Waals surface area contributed by atoms with Crippen LogP contribution in [0.25, 0.3) is 11.4 Å². The van der Waals surface area contributed by atoms with Crippen LogP contribution in [0, 0.1) is 5.82 Å². The van der Waals surface area contributed by atoms with Crippen LogP contribution < -0.4 is 10.1 Å². The molecule has 2 aromatic rings. The van der Waals surface area contributed by atoms with Gasteiger partial charge in [-0.25, -0.2) is 14.4 Å². The Bertz CT molecular complexity index is 605. The number of nitrogens with zero attached hydrogens (tertiary/aromatic N) is 2. The molecule has 1 heterocycles. The first-order valence-electron chi connectivity index (χ1n) is 6.06. The average Bonchev–Trinajstić information content (AvgIpc) is 2.47. The summed E-state index contributed by atoms with van der Waals surface area (Å²) in [7, 11) is 4.79. The number of aromatic nitrogens is 2. The van der Waals surface area contributed by atoms with E-state index in [1.807, 2.05) is 0 Å². The molecule has 0 saturated carbocycles. The Labute approximate surface area is 116 Å². The summed E-state index contributed by atoms with van der Waals surface area (Å²) in [4.78, 5) is 8.75. The average molecular weight is 277 g/mol. The topological polar surface area (TPSA) is 56.3 Å². The zero-order valence-corrected chi connectivity index (χ0v) is 11.6. The highest BCUT2D eigenvalue weighted by molar-refractivity contribution is 5.60. The molecular formula is C14H16FN3O2. The molecule has 0 radical (unpaired) electrons. The Balaban J connectivity index is 2.47. The lowest BCUT2D eigenvalue weighted by Gasteiger charge is -2.09. The van der Waals surface area contributed by atoms with Crippen molar-refractivity contribution in [3.05, 3.63) is 35.8 Å². The third kappa shape index (κ3) is 3.03. The molecule has 1 aromatic carbocycles. The summed E-state index contributed by atoms with van der Waals surface area (Å²) >= 11 is 0. The highest BCUT2D eigenvalue weighted by Crippen LogP contribution is 2.25. The summed E-state index contributed by atoms with van der Waals surface area (Å²) in [6.07, 6.45) is 0. The summed E-state index contributed by atoms with van der Waals surface area (Å²) in [6, 6.07) is 6.32. The third-order valence-corrected chi connectivity index (χ3v) is 2.74. The molecule has 106 valence electrons. The minimum absolute atomic E-state index is 0.161. The van der Waals surface area contributed by atoms with Gasteiger partial charge < -0.3 is 14.8 Å². The number of ether oxygens (including phenoxy) is 2. The fourth-order valence-electron chi connectivity index (χ4n) is 1.78. The first-order valence-corrected chi connectivity index (χ1v) is 6.06. The second-order valence-corrected chi connectivity index (χ2v) is 4.10. The maximum absolute atomic E-state index is 13.4. The van der Waals surface area contributed by atoms with E-state index in [1.54, 1.807) is 32.4 Å². The molecule has 0 spiro atoms. The van der Waals surface area contributed by atoms with Gasteiger partial charge in [-0.2, -0.15) is 0 Å². The van der Waals surface area contributed by atoms with Crippen molar-refractivity contribution in [1.82, 2.24) is 9.97 Å². The van der Waals surface area contributed by atoms with Crippen LogP contribution in [0.4, 0.5) is 10.2 Å². The zero-order valence-electron chi connectivity index (χ0n) is 11.6. The van der Waals surface area contributed by atoms with Crippen LogP contribution in [0.3, 0.4) is 0 Å². The maximum Gasteiger partial charge on any atom is 0.165 e. The van der Waals surface area contributed by atoms with Crippen LogP contribution in [-0.2, 0) is 11.3 Å². The van der Waals surface area contributed by atoms with Crippen LogP contribution in [0.2, 0.25) is 0 Å². The van der Waals surface area contributed by atoms with Gasteiger partial charge in [-0.3, -0.25) is 0 Å². The quantitative estimate of drug-likeness (QED) is 0.910. The van der Waals surface area contributed by atoms with Crippen LogP contribution in [0.1, 0.15) is 5.69 Å². The van der Waals surface area contributed by atoms with Gasteiger partial charge in [0.05, 0.1) is 19.4 Å². The molecule has 0 amide bonds. The third-order valence-electron chi connectivity index (χ3n) is 2.74. The predicted octanol–water partition coefficient (Wildman–Crippen LogP) is 2.48. The Hall–Kier alpha value is -2.21. The fourth-order valence-corrected chi connectivity index (χ4v) is 1.78. The molecule has 0 bridgehead atoms. The fraction of sp³-hybridized carbons (Fsp3) is 0.286. The van der Waals surface area contributed by atoms with Crippen molar-refractivity contribution >= 4 is 5.82 Å². The van der Waals surface area contributed by atoms with Gasteiger partial charge in [-0.15, -0.1) is 0 Å². The van der Waals surface area contributed by atoms with E-state index in [0.29, 0.717) is 23.8 Å². The smallest absolute Gasteiger partial charge is 0.165 e. The van der Waals surface area contributed by atoms with Gasteiger partial charge in [-0.1, -0.05) is 0 Å². The van der Waals surface area contributed by atoms with E-state index in [0.717, 1.165) is 5.69 Å². The molecule has 6 heteroatoms. The summed E-state index contributed by atoms with van der Waals surface area (Å²) in [6.45, 7) is 0.378. The lowest BCUT2D eigenvalue weighted by Crippen LogP contribution is -2.02. The minimum atomic E-state index is -0.418. The molecule has 0 unspecified atom stereocenters. The summed E-state index contributed by atoms with van der Waals surface area (Å²) in [5, 5.41) is 2.96. The lowest BCUT2D eigenvalue weighted by molar-refractivity contribution is 0.181. The van der Waals surface area contributed by atoms with Gasteiger partial charge in [0.1, 0.15) is 5.82 Å². The molecule has 5 nitrogen and oxygen atoms in total. The number of hydrogen-bond acceptors (Lipinski definition) is 5. The van der Waals surface area contributed by atoms with Crippen LogP contribution >= 0.6 is 0 Å². The molecule has 0 aliphatic heterocycles. The Morgan fingerprint density at radius 2 is 2.00 bits per heavy atom. The number of methoxy groups -OCH3 is 2. The van der Waals surface area contributed by atoms with Crippen molar-refractivity contribution in [3.8, 4) is 17.1 Å². The number of rotatable bonds is 5. The second-order valence-electron chi connectivity index (χ2n) is 4.10. The Kier molecular flexibility index (Phi) is 4.47. The standard InChI is InChI=1S/C14H16FN3O2/c1-16-13-7-10(8-19-2)17-14(18-13)9-4-5-11(15)12(6-9)20-3/h4-7H,8H2,1-3H3,(H,16,17,18). The summed E-state index contributed by atoms with van der Waals surface area (Å²) in [5.41, 5.74) is 1.42. The normalized spacial score (nSPS) is 10.4. The van der Waals surface area contributed by atoms with Crippen LogP contribution in [0.15, 0.2) is 24.3 Å². The van der Waals surface area contributed by atoms with Crippen molar-refractivity contribution in [2.24, 2.45) is 0 Å². The largest absolute Gasteiger partial charge is 0.494 e. The van der Waals surface area contributed by atoms with Crippen molar-refractivity contribution in [2.75, 3.05) is 26.6 Å². The summed E-state index contributed by atoms with van der Waals surface area (Å²) in [5.74, 6) is 0.903. The highest BCUT2D eigenvalue weighted by atomic mass is 19.1. The van der Waals surface area contributed by atoms with E-state index in [1.165, 1.54) is 13.2 Å². The van der Waals surface area contributed by atoms with E-state index >= 15 is 0 Å². The number of benzene rings is 1. The monoisotopic (exact) mass is 277 g/mol. The zero-order chi connectivity index (χ0) is 14.5. The van der Waals surface area contributed by atoms with Gasteiger partial charge in [0.2, 0.25) is 0 Å². The molecule has 2 rings (SSSR count). The first-order chi connectivity index (χ1) is 9.67. The Morgan fingerprint density at radius 1 is 1.20 bits per heavy atom. The van der Waals surface area contributed by atoms with Crippen molar-refractivity contribution < 1.29 is 13.9 Å². The second kappa shape index (κ2) is 6.29. The van der Waals surface area contributed by atoms with E-state index in [2.05, 4.69) is 15.3 Å². The molecule has 20 heavy (non-hydrogen) atoms. The van der Waals surface area contributed by atoms with Gasteiger partial charge >= 0.3 is 0 Å². The minimum Gasteiger partial charge on any atom is -0.494 e. The van der Waals surface area contributed by atoms with E-state index < -0.39 is 5.82 Å². The molecule has 1 N–H and O–H groups in total. The van der Waals surface area contributed by atoms with Crippen molar-refractivity contribution in [2.45, 2.75) is 6.61 Å². The predicted molar refractivity (Wildman–Crippen MR) is 74.2 cm³/mol. The van der Waals surface area contributed by atoms with Crippen molar-refractivity contribution in [1.29, 1.82) is 0 Å². The molecule has 0 aliphatic rings. The van der Waals surface area contributed by atoms with E-state index in [9.17, 15) is 4.39 Å². The first kappa shape index (κ1) is 14.2. The molecule has 1 aromatic heterocycles. The number of anilines is 1. The van der Waals surface area contributed by atoms with E-state index in [-0.39, 0.29) is 5.75 Å². The van der Waals surface area contributed by atoms with Crippen LogP contribution in [0.5, 0.6) is 5.75 Å². The SMILES string of the molecule is CNc1cc(COC)nc(-c2ccc(F)c(OC)c2)n1. The lowest BCUT2D eigenvalue weighted by atomic mass is 10.2. The van der Waals surface area contributed by atoms with Crippen molar-refractivity contribution in [3.63, 3.8) is 0 Å². The van der Waals surface area contributed by atoms with Crippen LogP contribution in [-0.4, -0.2) is 31.2 Å². The molecular weight excluding hydrogens is 261 g/mol. The van der Waals surface area contributed by atoms with E-state index in [4.69, 9.17) is 9.47 Å². The number of halogens is 1. The maximum atomic E-state index is 13.4. The molecule has 0 saturated heterocycles. The number of nitrogens with one attached hydrogen (secondary N) is 1. The summed E-state index contributed by atoms with van der Waals surface area (Å²) < 4.78 is 23.5. The van der Waals surface area contributed by atoms with Gasteiger partial charge in [0.15, 0.2) is 17.4 Å². The number of hydrogen-bond donors (Lipinski definition) is 1. The van der Waals surface area contributed by atoms with Gasteiger partial charge in [0.25, 0.3) is 0 Å². The highest BCUT2D eigenvalue weighted by Gasteiger charge is 2.10. The molecule has 0 aliphatic carbocycles.